The molecule has 2 N–H and O–H groups in total. The molecule has 2 heteroatoms. The predicted octanol–water partition coefficient (Wildman–Crippen LogP) is 2.16. The van der Waals surface area contributed by atoms with E-state index in [1.807, 2.05) is 0 Å². The van der Waals surface area contributed by atoms with Crippen molar-refractivity contribution in [2.45, 2.75) is 58.0 Å². The Labute approximate surface area is 73.7 Å². The second-order valence-corrected chi connectivity index (χ2v) is 4.83. The molecule has 0 amide bonds. The molecule has 0 unspecified atom stereocenters. The molecule has 70 valence electrons. The zero-order valence-electron chi connectivity index (χ0n) is 8.16. The maximum atomic E-state index is 2.41. The molecule has 0 atom stereocenters. The van der Waals surface area contributed by atoms with Crippen molar-refractivity contribution in [2.75, 3.05) is 0 Å². The highest BCUT2D eigenvalue weighted by Gasteiger charge is 1.87. The fourth-order valence-corrected chi connectivity index (χ4v) is 2.06. The molecule has 0 aliphatic carbocycles. The molecular formula is C9H24OSi. The fourth-order valence-electron chi connectivity index (χ4n) is 1.21. The van der Waals surface area contributed by atoms with Gasteiger partial charge in [-0.1, -0.05) is 58.0 Å². The summed E-state index contributed by atoms with van der Waals surface area (Å²) < 4.78 is 0. The topological polar surface area (TPSA) is 31.5 Å². The molecule has 0 aromatic heterocycles. The number of hydrogen-bond acceptors (Lipinski definition) is 0. The van der Waals surface area contributed by atoms with E-state index in [1.165, 1.54) is 38.5 Å². The zero-order chi connectivity index (χ0) is 7.66. The van der Waals surface area contributed by atoms with Crippen molar-refractivity contribution in [1.82, 2.24) is 0 Å². The van der Waals surface area contributed by atoms with Crippen LogP contribution in [0.25, 0.3) is 0 Å². The summed E-state index contributed by atoms with van der Waals surface area (Å²) >= 11 is 0. The Morgan fingerprint density at radius 1 is 0.909 bits per heavy atom. The van der Waals surface area contributed by atoms with Gasteiger partial charge in [0.1, 0.15) is 0 Å². The largest absolute Gasteiger partial charge is 0.412 e. The lowest BCUT2D eigenvalue weighted by Gasteiger charge is -1.97. The molecule has 0 bridgehead atoms. The van der Waals surface area contributed by atoms with E-state index in [-0.39, 0.29) is 5.48 Å². The first-order chi connectivity index (χ1) is 4.91. The van der Waals surface area contributed by atoms with Gasteiger partial charge in [0.05, 0.1) is 0 Å². The highest BCUT2D eigenvalue weighted by Crippen LogP contribution is 2.06. The molecule has 11 heavy (non-hydrogen) atoms. The van der Waals surface area contributed by atoms with Gasteiger partial charge < -0.3 is 5.48 Å². The van der Waals surface area contributed by atoms with Gasteiger partial charge in [-0.25, -0.2) is 0 Å². The molecule has 0 aromatic carbocycles. The maximum absolute atomic E-state index is 2.41. The van der Waals surface area contributed by atoms with Gasteiger partial charge in [-0.15, -0.1) is 0 Å². The molecule has 0 aliphatic rings. The lowest BCUT2D eigenvalue weighted by molar-refractivity contribution is 0.624. The second-order valence-electron chi connectivity index (χ2n) is 3.12. The third-order valence-electron chi connectivity index (χ3n) is 1.96. The zero-order valence-corrected chi connectivity index (χ0v) is 9.57. The van der Waals surface area contributed by atoms with Crippen molar-refractivity contribution in [3.05, 3.63) is 0 Å². The van der Waals surface area contributed by atoms with Crippen LogP contribution in [0.5, 0.6) is 0 Å². The molecule has 0 saturated carbocycles. The average molecular weight is 176 g/mol. The third kappa shape index (κ3) is 13.2. The summed E-state index contributed by atoms with van der Waals surface area (Å²) in [6.45, 7) is 4.69. The van der Waals surface area contributed by atoms with Crippen LogP contribution in [0.2, 0.25) is 12.6 Å². The molecule has 0 spiro atoms. The van der Waals surface area contributed by atoms with Crippen LogP contribution in [-0.4, -0.2) is 15.0 Å². The quantitative estimate of drug-likeness (QED) is 0.420. The van der Waals surface area contributed by atoms with Crippen molar-refractivity contribution in [3.8, 4) is 0 Å². The van der Waals surface area contributed by atoms with Crippen molar-refractivity contribution < 1.29 is 5.48 Å². The van der Waals surface area contributed by atoms with Gasteiger partial charge >= 0.3 is 0 Å². The second kappa shape index (κ2) is 12.8. The normalized spacial score (nSPS) is 10.4. The monoisotopic (exact) mass is 176 g/mol. The summed E-state index contributed by atoms with van der Waals surface area (Å²) in [5.41, 5.74) is 0. The summed E-state index contributed by atoms with van der Waals surface area (Å²) in [5.74, 6) is 0. The first-order valence-electron chi connectivity index (χ1n) is 4.91. The summed E-state index contributed by atoms with van der Waals surface area (Å²) in [6, 6.07) is 1.58. The minimum Gasteiger partial charge on any atom is -0.412 e. The summed E-state index contributed by atoms with van der Waals surface area (Å²) in [7, 11) is 0.375. The van der Waals surface area contributed by atoms with E-state index in [9.17, 15) is 0 Å². The number of unbranched alkanes of at least 4 members (excludes halogenated alkanes) is 5. The molecule has 0 aromatic rings. The van der Waals surface area contributed by atoms with E-state index in [4.69, 9.17) is 0 Å². The van der Waals surface area contributed by atoms with Crippen LogP contribution in [0.1, 0.15) is 45.4 Å². The van der Waals surface area contributed by atoms with Crippen LogP contribution in [0.4, 0.5) is 0 Å². The third-order valence-corrected chi connectivity index (χ3v) is 3.16. The van der Waals surface area contributed by atoms with Crippen LogP contribution in [-0.2, 0) is 0 Å². The van der Waals surface area contributed by atoms with Crippen LogP contribution in [0, 0.1) is 0 Å². The van der Waals surface area contributed by atoms with Gasteiger partial charge in [0, 0.05) is 9.52 Å². The molecular weight excluding hydrogens is 152 g/mol. The molecule has 0 aliphatic heterocycles. The van der Waals surface area contributed by atoms with Crippen molar-refractivity contribution in [2.24, 2.45) is 0 Å². The summed E-state index contributed by atoms with van der Waals surface area (Å²) in [4.78, 5) is 0. The first-order valence-corrected chi connectivity index (χ1v) is 7.33. The van der Waals surface area contributed by atoms with E-state index in [0.29, 0.717) is 9.52 Å². The highest BCUT2D eigenvalue weighted by atomic mass is 28.2. The van der Waals surface area contributed by atoms with E-state index in [0.717, 1.165) is 0 Å². The Morgan fingerprint density at radius 3 is 2.00 bits per heavy atom. The Kier molecular flexibility index (Phi) is 16.0. The predicted molar refractivity (Wildman–Crippen MR) is 56.2 cm³/mol. The van der Waals surface area contributed by atoms with Gasteiger partial charge in [-0.3, -0.25) is 0 Å². The number of rotatable bonds is 7. The molecule has 0 rings (SSSR count). The molecule has 0 heterocycles. The first kappa shape index (κ1) is 13.7. The Balaban J connectivity index is 0. The lowest BCUT2D eigenvalue weighted by atomic mass is 10.1. The van der Waals surface area contributed by atoms with E-state index < -0.39 is 0 Å². The van der Waals surface area contributed by atoms with Crippen molar-refractivity contribution in [1.29, 1.82) is 0 Å². The number of hydrogen-bond donors (Lipinski definition) is 0. The van der Waals surface area contributed by atoms with Gasteiger partial charge in [0.2, 0.25) is 0 Å². The molecule has 1 nitrogen and oxygen atoms in total. The van der Waals surface area contributed by atoms with Crippen LogP contribution < -0.4 is 0 Å². The van der Waals surface area contributed by atoms with Crippen molar-refractivity contribution >= 4 is 9.52 Å². The van der Waals surface area contributed by atoms with Crippen molar-refractivity contribution in [3.63, 3.8) is 0 Å². The van der Waals surface area contributed by atoms with Gasteiger partial charge in [-0.2, -0.15) is 0 Å². The Hall–Kier alpha value is 0.177. The van der Waals surface area contributed by atoms with E-state index in [2.05, 4.69) is 13.5 Å². The summed E-state index contributed by atoms with van der Waals surface area (Å²) in [5, 5.41) is 0. The van der Waals surface area contributed by atoms with Gasteiger partial charge in [0.25, 0.3) is 0 Å². The highest BCUT2D eigenvalue weighted by molar-refractivity contribution is 6.33. The molecule has 0 radical (unpaired) electrons. The van der Waals surface area contributed by atoms with Gasteiger partial charge in [-0.05, 0) is 0 Å². The van der Waals surface area contributed by atoms with E-state index in [1.54, 1.807) is 6.04 Å². The maximum Gasteiger partial charge on any atom is 0.0166 e. The molecule has 0 saturated heterocycles. The molecule has 0 fully saturated rings. The lowest BCUT2D eigenvalue weighted by Crippen LogP contribution is -1.82. The average Bonchev–Trinajstić information content (AvgIpc) is 1.97. The van der Waals surface area contributed by atoms with E-state index >= 15 is 0 Å². The van der Waals surface area contributed by atoms with Crippen LogP contribution in [0.15, 0.2) is 0 Å². The summed E-state index contributed by atoms with van der Waals surface area (Å²) in [6.07, 6.45) is 8.81. The minimum atomic E-state index is 0. The Bertz CT molecular complexity index is 49.5. The fraction of sp³-hybridized carbons (Fsp3) is 1.00. The minimum absolute atomic E-state index is 0. The Morgan fingerprint density at radius 2 is 1.45 bits per heavy atom. The smallest absolute Gasteiger partial charge is 0.0166 e. The van der Waals surface area contributed by atoms with Crippen LogP contribution >= 0.6 is 0 Å². The SMILES string of the molecule is CCCCCCCC[SiH2]C.O. The van der Waals surface area contributed by atoms with Gasteiger partial charge in [0.15, 0.2) is 0 Å². The van der Waals surface area contributed by atoms with Crippen LogP contribution in [0.3, 0.4) is 0 Å². The standard InChI is InChI=1S/C9H22Si.H2O/c1-3-4-5-6-7-8-9-10-2;/h3-10H2,1-2H3;1H2.